The van der Waals surface area contributed by atoms with Crippen LogP contribution in [-0.4, -0.2) is 36.0 Å². The Labute approximate surface area is 129 Å². The number of fused-ring (bicyclic) bond motifs is 1. The van der Waals surface area contributed by atoms with Crippen LogP contribution in [0.1, 0.15) is 49.3 Å². The number of rotatable bonds is 5. The van der Waals surface area contributed by atoms with Crippen LogP contribution in [0, 0.1) is 0 Å². The summed E-state index contributed by atoms with van der Waals surface area (Å²) in [5, 5.41) is 0. The van der Waals surface area contributed by atoms with Gasteiger partial charge in [-0.2, -0.15) is 0 Å². The lowest BCUT2D eigenvalue weighted by atomic mass is 9.80. The minimum absolute atomic E-state index is 0.182. The molecule has 2 rings (SSSR count). The van der Waals surface area contributed by atoms with Gasteiger partial charge in [0.1, 0.15) is 0 Å². The molecule has 120 valence electrons. The number of nitrogens with zero attached hydrogens (tertiary/aromatic N) is 1. The first kappa shape index (κ1) is 16.3. The molecule has 0 bridgehead atoms. The first-order valence-corrected chi connectivity index (χ1v) is 7.61. The van der Waals surface area contributed by atoms with Crippen LogP contribution >= 0.6 is 0 Å². The molecule has 2 heterocycles. The van der Waals surface area contributed by atoms with Gasteiger partial charge in [0.2, 0.25) is 5.41 Å². The number of esters is 2. The van der Waals surface area contributed by atoms with E-state index in [1.165, 1.54) is 0 Å². The molecule has 0 N–H and O–H groups in total. The van der Waals surface area contributed by atoms with E-state index >= 15 is 0 Å². The maximum absolute atomic E-state index is 12.6. The third-order valence-corrected chi connectivity index (χ3v) is 4.00. The maximum Gasteiger partial charge on any atom is 0.329 e. The van der Waals surface area contributed by atoms with Crippen molar-refractivity contribution in [2.24, 2.45) is 0 Å². The predicted octanol–water partition coefficient (Wildman–Crippen LogP) is 1.85. The molecular weight excluding hydrogens is 286 g/mol. The van der Waals surface area contributed by atoms with E-state index in [1.54, 1.807) is 30.5 Å². The Morgan fingerprint density at radius 1 is 1.18 bits per heavy atom. The Morgan fingerprint density at radius 2 is 1.82 bits per heavy atom. The van der Waals surface area contributed by atoms with Crippen molar-refractivity contribution < 1.29 is 23.9 Å². The molecule has 0 saturated heterocycles. The highest BCUT2D eigenvalue weighted by Gasteiger charge is 2.52. The molecule has 0 aromatic carbocycles. The fraction of sp³-hybridized carbons (Fsp3) is 0.562. The lowest BCUT2D eigenvalue weighted by Crippen LogP contribution is -2.47. The molecule has 6 nitrogen and oxygen atoms in total. The highest BCUT2D eigenvalue weighted by atomic mass is 16.6. The molecule has 0 atom stereocenters. The van der Waals surface area contributed by atoms with Crippen LogP contribution < -0.4 is 0 Å². The summed E-state index contributed by atoms with van der Waals surface area (Å²) in [5.74, 6) is -1.21. The van der Waals surface area contributed by atoms with Crippen LogP contribution in [0.4, 0.5) is 0 Å². The number of hydrogen-bond donors (Lipinski definition) is 0. The van der Waals surface area contributed by atoms with Crippen LogP contribution in [0.15, 0.2) is 12.1 Å². The minimum Gasteiger partial charge on any atom is -0.465 e. The molecule has 1 aromatic rings. The van der Waals surface area contributed by atoms with Gasteiger partial charge in [-0.25, -0.2) is 0 Å². The quantitative estimate of drug-likeness (QED) is 0.471. The van der Waals surface area contributed by atoms with Crippen LogP contribution in [0.2, 0.25) is 0 Å². The summed E-state index contributed by atoms with van der Waals surface area (Å²) in [6.45, 7) is 4.35. The Kier molecular flexibility index (Phi) is 5.00. The van der Waals surface area contributed by atoms with E-state index in [9.17, 15) is 14.4 Å². The summed E-state index contributed by atoms with van der Waals surface area (Å²) in [6.07, 6.45) is 2.52. The van der Waals surface area contributed by atoms with Crippen LogP contribution in [0.5, 0.6) is 0 Å². The van der Waals surface area contributed by atoms with Crippen molar-refractivity contribution >= 4 is 18.2 Å². The van der Waals surface area contributed by atoms with Crippen molar-refractivity contribution in [2.45, 2.75) is 45.1 Å². The van der Waals surface area contributed by atoms with Crippen molar-refractivity contribution in [2.75, 3.05) is 13.2 Å². The second-order valence-electron chi connectivity index (χ2n) is 5.22. The average Bonchev–Trinajstić information content (AvgIpc) is 2.81. The van der Waals surface area contributed by atoms with Gasteiger partial charge in [-0.05, 0) is 45.2 Å². The molecule has 0 aliphatic carbocycles. The molecule has 1 aliphatic rings. The van der Waals surface area contributed by atoms with Gasteiger partial charge in [-0.3, -0.25) is 14.4 Å². The molecule has 22 heavy (non-hydrogen) atoms. The second kappa shape index (κ2) is 6.77. The molecule has 0 unspecified atom stereocenters. The predicted molar refractivity (Wildman–Crippen MR) is 78.6 cm³/mol. The fourth-order valence-corrected chi connectivity index (χ4v) is 3.00. The Morgan fingerprint density at radius 3 is 2.36 bits per heavy atom. The third-order valence-electron chi connectivity index (χ3n) is 4.00. The van der Waals surface area contributed by atoms with Crippen molar-refractivity contribution in [3.8, 4) is 0 Å². The van der Waals surface area contributed by atoms with Gasteiger partial charge in [-0.1, -0.05) is 0 Å². The van der Waals surface area contributed by atoms with Gasteiger partial charge in [0.05, 0.1) is 18.9 Å². The Balaban J connectivity index is 2.61. The van der Waals surface area contributed by atoms with Crippen molar-refractivity contribution in [1.82, 2.24) is 4.57 Å². The summed E-state index contributed by atoms with van der Waals surface area (Å²) in [4.78, 5) is 36.5. The van der Waals surface area contributed by atoms with E-state index in [-0.39, 0.29) is 13.2 Å². The topological polar surface area (TPSA) is 74.6 Å². The first-order chi connectivity index (χ1) is 10.6. The molecule has 0 saturated carbocycles. The van der Waals surface area contributed by atoms with E-state index in [1.807, 2.05) is 0 Å². The summed E-state index contributed by atoms with van der Waals surface area (Å²) in [7, 11) is 0. The minimum atomic E-state index is -1.48. The van der Waals surface area contributed by atoms with Gasteiger partial charge < -0.3 is 14.0 Å². The van der Waals surface area contributed by atoms with Gasteiger partial charge in [0, 0.05) is 12.2 Å². The monoisotopic (exact) mass is 307 g/mol. The number of aromatic nitrogens is 1. The van der Waals surface area contributed by atoms with E-state index in [0.29, 0.717) is 30.8 Å². The Hall–Kier alpha value is -2.11. The van der Waals surface area contributed by atoms with E-state index < -0.39 is 17.4 Å². The summed E-state index contributed by atoms with van der Waals surface area (Å²) in [6, 6.07) is 3.28. The molecular formula is C16H21NO5. The molecule has 1 aromatic heterocycles. The fourth-order valence-electron chi connectivity index (χ4n) is 3.00. The standard InChI is InChI=1S/C16H21NO5/c1-3-21-14(19)16(15(20)22-4-2)9-5-6-10-17-12(11-18)7-8-13(16)17/h7-8,11H,3-6,9-10H2,1-2H3. The zero-order valence-corrected chi connectivity index (χ0v) is 13.0. The zero-order valence-electron chi connectivity index (χ0n) is 13.0. The smallest absolute Gasteiger partial charge is 0.329 e. The first-order valence-electron chi connectivity index (χ1n) is 7.61. The normalized spacial score (nSPS) is 16.3. The maximum atomic E-state index is 12.6. The van der Waals surface area contributed by atoms with Crippen LogP contribution in [-0.2, 0) is 31.0 Å². The molecule has 0 radical (unpaired) electrons. The molecule has 1 aliphatic heterocycles. The highest BCUT2D eigenvalue weighted by molar-refractivity contribution is 6.06. The van der Waals surface area contributed by atoms with Gasteiger partial charge >= 0.3 is 11.9 Å². The van der Waals surface area contributed by atoms with E-state index in [0.717, 1.165) is 12.7 Å². The Bertz CT molecular complexity index is 557. The SMILES string of the molecule is CCOC(=O)C1(C(=O)OCC)CCCCn2c(C=O)ccc21. The van der Waals surface area contributed by atoms with Crippen molar-refractivity contribution in [3.63, 3.8) is 0 Å². The lowest BCUT2D eigenvalue weighted by molar-refractivity contribution is -0.165. The van der Waals surface area contributed by atoms with Gasteiger partial charge in [-0.15, -0.1) is 0 Å². The highest BCUT2D eigenvalue weighted by Crippen LogP contribution is 2.37. The second-order valence-corrected chi connectivity index (χ2v) is 5.22. The van der Waals surface area contributed by atoms with Crippen molar-refractivity contribution in [3.05, 3.63) is 23.5 Å². The number of aldehydes is 1. The molecule has 6 heteroatoms. The molecule has 0 fully saturated rings. The summed E-state index contributed by atoms with van der Waals surface area (Å²) >= 11 is 0. The number of hydrogen-bond acceptors (Lipinski definition) is 5. The van der Waals surface area contributed by atoms with E-state index in [2.05, 4.69) is 0 Å². The third kappa shape index (κ3) is 2.53. The van der Waals surface area contributed by atoms with Crippen LogP contribution in [0.25, 0.3) is 0 Å². The average molecular weight is 307 g/mol. The van der Waals surface area contributed by atoms with E-state index in [4.69, 9.17) is 9.47 Å². The van der Waals surface area contributed by atoms with Gasteiger partial charge in [0.25, 0.3) is 0 Å². The number of carbonyl (C=O) groups excluding carboxylic acids is 3. The van der Waals surface area contributed by atoms with Gasteiger partial charge in [0.15, 0.2) is 6.29 Å². The largest absolute Gasteiger partial charge is 0.465 e. The zero-order chi connectivity index (χ0) is 16.2. The molecule has 0 amide bonds. The summed E-state index contributed by atoms with van der Waals surface area (Å²) in [5.41, 5.74) is -0.539. The molecule has 0 spiro atoms. The summed E-state index contributed by atoms with van der Waals surface area (Å²) < 4.78 is 12.1. The lowest BCUT2D eigenvalue weighted by Gasteiger charge is -2.28. The van der Waals surface area contributed by atoms with Crippen molar-refractivity contribution in [1.29, 1.82) is 0 Å². The van der Waals surface area contributed by atoms with Crippen LogP contribution in [0.3, 0.4) is 0 Å². The number of ether oxygens (including phenoxy) is 2. The number of carbonyl (C=O) groups is 3.